The average Bonchev–Trinajstić information content (AvgIpc) is 2.84. The molecule has 4 nitrogen and oxygen atoms in total. The first-order valence-electron chi connectivity index (χ1n) is 6.76. The molecule has 2 aromatic rings. The lowest BCUT2D eigenvalue weighted by Crippen LogP contribution is -2.61. The number of amides is 1. The first-order valence-corrected chi connectivity index (χ1v) is 6.76. The van der Waals surface area contributed by atoms with Crippen LogP contribution in [0.2, 0.25) is 0 Å². The molecule has 1 aliphatic heterocycles. The van der Waals surface area contributed by atoms with Crippen molar-refractivity contribution in [3.8, 4) is 0 Å². The number of carbonyl (C=O) groups excluding carboxylic acids is 1. The number of nitrogens with zero attached hydrogens (tertiary/aromatic N) is 2. The Morgan fingerprint density at radius 1 is 1.20 bits per heavy atom. The van der Waals surface area contributed by atoms with Crippen LogP contribution >= 0.6 is 0 Å². The molecule has 20 heavy (non-hydrogen) atoms. The van der Waals surface area contributed by atoms with E-state index in [1.165, 1.54) is 0 Å². The van der Waals surface area contributed by atoms with Crippen LogP contribution in [-0.4, -0.2) is 39.2 Å². The van der Waals surface area contributed by atoms with Gasteiger partial charge in [0.1, 0.15) is 5.69 Å². The maximum absolute atomic E-state index is 12.4. The van der Waals surface area contributed by atoms with Crippen molar-refractivity contribution in [2.45, 2.75) is 19.1 Å². The Kier molecular flexibility index (Phi) is 3.10. The molecule has 0 bridgehead atoms. The second kappa shape index (κ2) is 4.80. The van der Waals surface area contributed by atoms with E-state index in [0.717, 1.165) is 5.56 Å². The summed E-state index contributed by atoms with van der Waals surface area (Å²) in [6, 6.07) is 13.8. The molecular weight excluding hydrogens is 252 g/mol. The summed E-state index contributed by atoms with van der Waals surface area (Å²) >= 11 is 0. The fourth-order valence-electron chi connectivity index (χ4n) is 2.61. The Morgan fingerprint density at radius 2 is 1.90 bits per heavy atom. The van der Waals surface area contributed by atoms with Gasteiger partial charge in [0.15, 0.2) is 0 Å². The largest absolute Gasteiger partial charge is 0.386 e. The summed E-state index contributed by atoms with van der Waals surface area (Å²) in [5.74, 6) is -0.0162. The van der Waals surface area contributed by atoms with Gasteiger partial charge in [-0.3, -0.25) is 4.79 Å². The molecule has 4 heteroatoms. The average molecular weight is 270 g/mol. The van der Waals surface area contributed by atoms with Crippen molar-refractivity contribution in [1.82, 2.24) is 9.47 Å². The van der Waals surface area contributed by atoms with Gasteiger partial charge in [-0.2, -0.15) is 0 Å². The molecule has 1 aromatic carbocycles. The number of carbonyl (C=O) groups is 1. The van der Waals surface area contributed by atoms with Crippen LogP contribution in [0.5, 0.6) is 0 Å². The van der Waals surface area contributed by atoms with Crippen molar-refractivity contribution in [3.63, 3.8) is 0 Å². The molecular formula is C16H18N2O2. The molecule has 1 amide bonds. The number of hydrogen-bond acceptors (Lipinski definition) is 2. The Hall–Kier alpha value is -2.07. The second-order valence-electron chi connectivity index (χ2n) is 5.67. The minimum atomic E-state index is -0.730. The van der Waals surface area contributed by atoms with Crippen molar-refractivity contribution in [1.29, 1.82) is 0 Å². The van der Waals surface area contributed by atoms with Gasteiger partial charge in [-0.1, -0.05) is 30.3 Å². The number of aliphatic hydroxyl groups is 1. The lowest BCUT2D eigenvalue weighted by atomic mass is 9.96. The molecule has 0 unspecified atom stereocenters. The predicted octanol–water partition coefficient (Wildman–Crippen LogP) is 1.74. The van der Waals surface area contributed by atoms with Crippen LogP contribution in [0.4, 0.5) is 0 Å². The molecule has 1 N–H and O–H groups in total. The van der Waals surface area contributed by atoms with Crippen LogP contribution in [0, 0.1) is 0 Å². The van der Waals surface area contributed by atoms with E-state index in [-0.39, 0.29) is 5.91 Å². The highest BCUT2D eigenvalue weighted by molar-refractivity contribution is 5.93. The van der Waals surface area contributed by atoms with Gasteiger partial charge in [0.25, 0.3) is 5.91 Å². The Labute approximate surface area is 118 Å². The van der Waals surface area contributed by atoms with E-state index in [1.54, 1.807) is 11.8 Å². The van der Waals surface area contributed by atoms with E-state index in [0.29, 0.717) is 25.3 Å². The highest BCUT2D eigenvalue weighted by atomic mass is 16.3. The lowest BCUT2D eigenvalue weighted by Gasteiger charge is -2.44. The molecule has 1 aromatic heterocycles. The van der Waals surface area contributed by atoms with Gasteiger partial charge in [-0.05, 0) is 24.6 Å². The number of β-amino-alcohol motifs (C(OH)–C–C–N with tert-alkyl or cyclic N) is 1. The van der Waals surface area contributed by atoms with Gasteiger partial charge in [-0.25, -0.2) is 0 Å². The van der Waals surface area contributed by atoms with E-state index in [2.05, 4.69) is 0 Å². The first-order chi connectivity index (χ1) is 9.55. The van der Waals surface area contributed by atoms with E-state index in [4.69, 9.17) is 0 Å². The summed E-state index contributed by atoms with van der Waals surface area (Å²) in [7, 11) is 0. The summed E-state index contributed by atoms with van der Waals surface area (Å²) in [5.41, 5.74) is 1.10. The maximum atomic E-state index is 12.4. The van der Waals surface area contributed by atoms with Gasteiger partial charge in [0.05, 0.1) is 18.7 Å². The van der Waals surface area contributed by atoms with Crippen molar-refractivity contribution >= 4 is 5.91 Å². The fraction of sp³-hybridized carbons (Fsp3) is 0.312. The molecule has 0 atom stereocenters. The summed E-state index contributed by atoms with van der Waals surface area (Å²) in [6.45, 7) is 3.24. The van der Waals surface area contributed by atoms with Crippen molar-refractivity contribution in [2.24, 2.45) is 0 Å². The topological polar surface area (TPSA) is 45.5 Å². The predicted molar refractivity (Wildman–Crippen MR) is 76.5 cm³/mol. The number of likely N-dealkylation sites (tertiary alicyclic amines) is 1. The van der Waals surface area contributed by atoms with Gasteiger partial charge >= 0.3 is 0 Å². The van der Waals surface area contributed by atoms with Crippen LogP contribution in [0.3, 0.4) is 0 Å². The summed E-state index contributed by atoms with van der Waals surface area (Å²) < 4.78 is 1.95. The van der Waals surface area contributed by atoms with Crippen LogP contribution in [0.25, 0.3) is 0 Å². The molecule has 1 aliphatic rings. The number of benzene rings is 1. The second-order valence-corrected chi connectivity index (χ2v) is 5.67. The zero-order valence-electron chi connectivity index (χ0n) is 11.5. The highest BCUT2D eigenvalue weighted by Gasteiger charge is 2.40. The third-order valence-electron chi connectivity index (χ3n) is 3.59. The highest BCUT2D eigenvalue weighted by Crippen LogP contribution is 2.22. The van der Waals surface area contributed by atoms with Gasteiger partial charge in [0.2, 0.25) is 0 Å². The number of hydrogen-bond donors (Lipinski definition) is 1. The van der Waals surface area contributed by atoms with Gasteiger partial charge in [-0.15, -0.1) is 0 Å². The van der Waals surface area contributed by atoms with Crippen LogP contribution < -0.4 is 0 Å². The van der Waals surface area contributed by atoms with E-state index in [1.807, 2.05) is 53.2 Å². The van der Waals surface area contributed by atoms with Crippen LogP contribution in [0.1, 0.15) is 23.0 Å². The van der Waals surface area contributed by atoms with E-state index < -0.39 is 5.60 Å². The fourth-order valence-corrected chi connectivity index (χ4v) is 2.61. The Morgan fingerprint density at radius 3 is 2.55 bits per heavy atom. The zero-order chi connectivity index (χ0) is 14.2. The van der Waals surface area contributed by atoms with Gasteiger partial charge < -0.3 is 14.6 Å². The van der Waals surface area contributed by atoms with Gasteiger partial charge in [0, 0.05) is 12.7 Å². The lowest BCUT2D eigenvalue weighted by molar-refractivity contribution is -0.0672. The SMILES string of the molecule is CC1(O)CN(C(=O)c2cccn2Cc2ccccc2)C1. The van der Waals surface area contributed by atoms with Crippen LogP contribution in [0.15, 0.2) is 48.7 Å². The van der Waals surface area contributed by atoms with Crippen molar-refractivity contribution in [3.05, 3.63) is 59.9 Å². The third kappa shape index (κ3) is 2.47. The number of aromatic nitrogens is 1. The summed E-state index contributed by atoms with van der Waals surface area (Å²) in [6.07, 6.45) is 1.91. The molecule has 104 valence electrons. The van der Waals surface area contributed by atoms with Crippen LogP contribution in [-0.2, 0) is 6.54 Å². The molecule has 0 radical (unpaired) electrons. The zero-order valence-corrected chi connectivity index (χ0v) is 11.5. The molecule has 3 rings (SSSR count). The Bertz CT molecular complexity index is 608. The normalized spacial score (nSPS) is 16.8. The maximum Gasteiger partial charge on any atom is 0.270 e. The first kappa shape index (κ1) is 12.9. The third-order valence-corrected chi connectivity index (χ3v) is 3.59. The molecule has 1 fully saturated rings. The summed E-state index contributed by atoms with van der Waals surface area (Å²) in [5, 5.41) is 9.73. The molecule has 1 saturated heterocycles. The monoisotopic (exact) mass is 270 g/mol. The molecule has 0 spiro atoms. The summed E-state index contributed by atoms with van der Waals surface area (Å²) in [4.78, 5) is 14.1. The smallest absolute Gasteiger partial charge is 0.270 e. The standard InChI is InChI=1S/C16H18N2O2/c1-16(20)11-18(12-16)15(19)14-8-5-9-17(14)10-13-6-3-2-4-7-13/h2-9,20H,10-12H2,1H3. The number of rotatable bonds is 3. The quantitative estimate of drug-likeness (QED) is 0.923. The van der Waals surface area contributed by atoms with E-state index >= 15 is 0 Å². The Balaban J connectivity index is 1.75. The van der Waals surface area contributed by atoms with Crippen molar-refractivity contribution in [2.75, 3.05) is 13.1 Å². The van der Waals surface area contributed by atoms with Crippen molar-refractivity contribution < 1.29 is 9.90 Å². The molecule has 2 heterocycles. The van der Waals surface area contributed by atoms with E-state index in [9.17, 15) is 9.90 Å². The minimum Gasteiger partial charge on any atom is -0.386 e. The molecule has 0 saturated carbocycles. The molecule has 0 aliphatic carbocycles. The minimum absolute atomic E-state index is 0.0162.